The molecule has 0 fully saturated rings. The number of carboxylic acids is 1. The lowest BCUT2D eigenvalue weighted by Gasteiger charge is -2.29. The molecule has 0 radical (unpaired) electrons. The van der Waals surface area contributed by atoms with Crippen LogP contribution >= 0.6 is 15.9 Å². The summed E-state index contributed by atoms with van der Waals surface area (Å²) in [6.07, 6.45) is 0.0484. The van der Waals surface area contributed by atoms with E-state index in [1.807, 2.05) is 0 Å². The SMILES string of the molecule is COc1cc(CCN(C(=O)c2ccc(Br)cc2)[C@@H](CCC(N)=O)C(=O)O)cc(OC)c1OC. The zero-order chi connectivity index (χ0) is 24.5. The predicted octanol–water partition coefficient (Wildman–Crippen LogP) is 2.88. The van der Waals surface area contributed by atoms with Crippen LogP contribution in [0, 0.1) is 0 Å². The molecular formula is C23H27BrN2O7. The van der Waals surface area contributed by atoms with E-state index in [-0.39, 0.29) is 19.4 Å². The van der Waals surface area contributed by atoms with Crippen molar-refractivity contribution in [2.45, 2.75) is 25.3 Å². The lowest BCUT2D eigenvalue weighted by Crippen LogP contribution is -2.46. The quantitative estimate of drug-likeness (QED) is 0.438. The Labute approximate surface area is 200 Å². The number of ether oxygens (including phenoxy) is 3. The first-order valence-electron chi connectivity index (χ1n) is 10.1. The van der Waals surface area contributed by atoms with Gasteiger partial charge in [-0.3, -0.25) is 9.59 Å². The fourth-order valence-electron chi connectivity index (χ4n) is 3.38. The second-order valence-electron chi connectivity index (χ2n) is 7.15. The largest absolute Gasteiger partial charge is 0.493 e. The maximum atomic E-state index is 13.3. The Hall–Kier alpha value is -3.27. The molecule has 2 aromatic rings. The van der Waals surface area contributed by atoms with Gasteiger partial charge in [0.1, 0.15) is 6.04 Å². The van der Waals surface area contributed by atoms with E-state index in [2.05, 4.69) is 15.9 Å². The number of carbonyl (C=O) groups is 3. The van der Waals surface area contributed by atoms with Crippen molar-refractivity contribution in [3.05, 3.63) is 52.0 Å². The molecule has 0 unspecified atom stereocenters. The van der Waals surface area contributed by atoms with Crippen molar-refractivity contribution in [3.8, 4) is 17.2 Å². The van der Waals surface area contributed by atoms with Gasteiger partial charge < -0.3 is 30.0 Å². The molecule has 9 nitrogen and oxygen atoms in total. The standard InChI is InChI=1S/C23H27BrN2O7/c1-31-18-12-14(13-19(32-2)21(18)33-3)10-11-26(17(23(29)30)8-9-20(25)27)22(28)15-4-6-16(24)7-5-15/h4-7,12-13,17H,8-11H2,1-3H3,(H2,25,27)(H,29,30)/t17-/m0/s1. The summed E-state index contributed by atoms with van der Waals surface area (Å²) >= 11 is 3.32. The number of hydrogen-bond acceptors (Lipinski definition) is 6. The van der Waals surface area contributed by atoms with Crippen LogP contribution in [0.4, 0.5) is 0 Å². The molecule has 1 atom stereocenters. The number of nitrogens with zero attached hydrogens (tertiary/aromatic N) is 1. The molecule has 10 heteroatoms. The van der Waals surface area contributed by atoms with E-state index in [4.69, 9.17) is 19.9 Å². The lowest BCUT2D eigenvalue weighted by atomic mass is 10.0. The average Bonchev–Trinajstić information content (AvgIpc) is 2.79. The van der Waals surface area contributed by atoms with E-state index in [0.717, 1.165) is 10.0 Å². The Kier molecular flexibility index (Phi) is 9.53. The topological polar surface area (TPSA) is 128 Å². The molecule has 0 aliphatic rings. The van der Waals surface area contributed by atoms with Crippen LogP contribution in [0.2, 0.25) is 0 Å². The minimum Gasteiger partial charge on any atom is -0.493 e. The number of methoxy groups -OCH3 is 3. The molecular weight excluding hydrogens is 496 g/mol. The van der Waals surface area contributed by atoms with E-state index < -0.39 is 23.8 Å². The smallest absolute Gasteiger partial charge is 0.326 e. The minimum absolute atomic E-state index is 0.0727. The summed E-state index contributed by atoms with van der Waals surface area (Å²) in [5.41, 5.74) is 6.30. The number of carboxylic acid groups (broad SMARTS) is 1. The van der Waals surface area contributed by atoms with Gasteiger partial charge in [0.2, 0.25) is 11.7 Å². The van der Waals surface area contributed by atoms with Gasteiger partial charge in [0.05, 0.1) is 21.3 Å². The van der Waals surface area contributed by atoms with Crippen LogP contribution < -0.4 is 19.9 Å². The Morgan fingerprint density at radius 2 is 1.61 bits per heavy atom. The molecule has 178 valence electrons. The zero-order valence-corrected chi connectivity index (χ0v) is 20.3. The van der Waals surface area contributed by atoms with Crippen molar-refractivity contribution in [2.24, 2.45) is 5.73 Å². The molecule has 0 aromatic heterocycles. The van der Waals surface area contributed by atoms with Crippen molar-refractivity contribution in [2.75, 3.05) is 27.9 Å². The van der Waals surface area contributed by atoms with Crippen molar-refractivity contribution >= 4 is 33.7 Å². The van der Waals surface area contributed by atoms with Crippen LogP contribution in [0.3, 0.4) is 0 Å². The third-order valence-electron chi connectivity index (χ3n) is 5.04. The van der Waals surface area contributed by atoms with Crippen molar-refractivity contribution < 1.29 is 33.7 Å². The van der Waals surface area contributed by atoms with Gasteiger partial charge in [0.25, 0.3) is 5.91 Å². The van der Waals surface area contributed by atoms with Gasteiger partial charge in [-0.15, -0.1) is 0 Å². The number of primary amides is 1. The third kappa shape index (κ3) is 6.85. The Morgan fingerprint density at radius 3 is 2.06 bits per heavy atom. The van der Waals surface area contributed by atoms with Crippen molar-refractivity contribution in [1.29, 1.82) is 0 Å². The number of hydrogen-bond donors (Lipinski definition) is 2. The van der Waals surface area contributed by atoms with Gasteiger partial charge in [0, 0.05) is 23.0 Å². The lowest BCUT2D eigenvalue weighted by molar-refractivity contribution is -0.142. The fourth-order valence-corrected chi connectivity index (χ4v) is 3.64. The summed E-state index contributed by atoms with van der Waals surface area (Å²) in [7, 11) is 4.48. The van der Waals surface area contributed by atoms with Crippen LogP contribution in [0.1, 0.15) is 28.8 Å². The first kappa shape index (κ1) is 26.0. The minimum atomic E-state index is -1.23. The molecule has 3 N–H and O–H groups in total. The van der Waals surface area contributed by atoms with Gasteiger partial charge >= 0.3 is 5.97 Å². The van der Waals surface area contributed by atoms with Crippen LogP contribution in [0.15, 0.2) is 40.9 Å². The Morgan fingerprint density at radius 1 is 1.03 bits per heavy atom. The van der Waals surface area contributed by atoms with E-state index in [0.29, 0.717) is 29.2 Å². The Bertz CT molecular complexity index is 970. The highest BCUT2D eigenvalue weighted by molar-refractivity contribution is 9.10. The van der Waals surface area contributed by atoms with Crippen molar-refractivity contribution in [3.63, 3.8) is 0 Å². The molecule has 0 bridgehead atoms. The van der Waals surface area contributed by atoms with Gasteiger partial charge in [-0.1, -0.05) is 15.9 Å². The monoisotopic (exact) mass is 522 g/mol. The highest BCUT2D eigenvalue weighted by Gasteiger charge is 2.30. The summed E-state index contributed by atoms with van der Waals surface area (Å²) in [5, 5.41) is 9.82. The zero-order valence-electron chi connectivity index (χ0n) is 18.7. The Balaban J connectivity index is 2.39. The van der Waals surface area contributed by atoms with Gasteiger partial charge in [-0.05, 0) is 54.8 Å². The molecule has 0 spiro atoms. The van der Waals surface area contributed by atoms with Gasteiger partial charge in [0.15, 0.2) is 11.5 Å². The number of benzene rings is 2. The molecule has 0 heterocycles. The maximum Gasteiger partial charge on any atom is 0.326 e. The second-order valence-corrected chi connectivity index (χ2v) is 8.06. The maximum absolute atomic E-state index is 13.3. The van der Waals surface area contributed by atoms with Gasteiger partial charge in [-0.2, -0.15) is 0 Å². The molecule has 0 saturated heterocycles. The number of halogens is 1. The summed E-state index contributed by atoms with van der Waals surface area (Å²) in [6.45, 7) is 0.0727. The normalized spacial score (nSPS) is 11.4. The van der Waals surface area contributed by atoms with Crippen LogP contribution in [0.25, 0.3) is 0 Å². The van der Waals surface area contributed by atoms with Crippen LogP contribution in [-0.4, -0.2) is 61.7 Å². The van der Waals surface area contributed by atoms with Crippen LogP contribution in [0.5, 0.6) is 17.2 Å². The van der Waals surface area contributed by atoms with E-state index in [1.165, 1.54) is 26.2 Å². The number of nitrogens with two attached hydrogens (primary N) is 1. The summed E-state index contributed by atoms with van der Waals surface area (Å²) in [5.74, 6) is -1.00. The van der Waals surface area contributed by atoms with Gasteiger partial charge in [-0.25, -0.2) is 4.79 Å². The van der Waals surface area contributed by atoms with Crippen molar-refractivity contribution in [1.82, 2.24) is 4.90 Å². The van der Waals surface area contributed by atoms with E-state index in [1.54, 1.807) is 36.4 Å². The van der Waals surface area contributed by atoms with Crippen LogP contribution in [-0.2, 0) is 16.0 Å². The highest BCUT2D eigenvalue weighted by Crippen LogP contribution is 2.38. The molecule has 33 heavy (non-hydrogen) atoms. The number of amides is 2. The summed E-state index contributed by atoms with van der Waals surface area (Å²) in [6, 6.07) is 8.85. The summed E-state index contributed by atoms with van der Waals surface area (Å²) < 4.78 is 16.9. The molecule has 2 aromatic carbocycles. The fraction of sp³-hybridized carbons (Fsp3) is 0.348. The highest BCUT2D eigenvalue weighted by atomic mass is 79.9. The first-order valence-corrected chi connectivity index (χ1v) is 10.9. The number of rotatable bonds is 12. The molecule has 0 aliphatic heterocycles. The molecule has 0 aliphatic carbocycles. The predicted molar refractivity (Wildman–Crippen MR) is 125 cm³/mol. The summed E-state index contributed by atoms with van der Waals surface area (Å²) in [4.78, 5) is 37.8. The third-order valence-corrected chi connectivity index (χ3v) is 5.57. The van der Waals surface area contributed by atoms with E-state index >= 15 is 0 Å². The first-order chi connectivity index (χ1) is 15.7. The number of aliphatic carboxylic acids is 1. The number of carbonyl (C=O) groups excluding carboxylic acids is 2. The average molecular weight is 523 g/mol. The molecule has 2 amide bonds. The van der Waals surface area contributed by atoms with E-state index in [9.17, 15) is 19.5 Å². The molecule has 2 rings (SSSR count). The second kappa shape index (κ2) is 12.1. The molecule has 0 saturated carbocycles.